The molecule has 0 unspecified atom stereocenters. The van der Waals surface area contributed by atoms with E-state index < -0.39 is 39.0 Å². The van der Waals surface area contributed by atoms with Gasteiger partial charge in [0.2, 0.25) is 0 Å². The number of hydrogen-bond acceptors (Lipinski definition) is 7. The van der Waals surface area contributed by atoms with E-state index in [9.17, 15) is 9.67 Å². The van der Waals surface area contributed by atoms with Crippen LogP contribution in [0.25, 0.3) is 0 Å². The Morgan fingerprint density at radius 2 is 2.30 bits per heavy atom. The van der Waals surface area contributed by atoms with Gasteiger partial charge in [-0.05, 0) is 6.07 Å². The van der Waals surface area contributed by atoms with Crippen molar-refractivity contribution in [3.8, 4) is 6.01 Å². The number of hydrogen-bond donors (Lipinski definition) is 4. The standard InChI is InChI=1S/C9H12N3O7P/c10-5-1-2-12-8-7(18-9(12)11-5)6(4(3-13)17-8)19-20(14,15)16/h1-2,4,6-8,10,13H,3H2,(H2,14,15,16)/t4-,6-,7-,8-/m1/s1. The molecule has 0 bridgehead atoms. The Bertz CT molecular complexity index is 628. The normalized spacial score (nSPS) is 31.8. The summed E-state index contributed by atoms with van der Waals surface area (Å²) in [5.41, 5.74) is -0.0117. The SMILES string of the molecule is N=c1ccn2c(n1)O[C@@H]1[C@H](OP(=O)(O)O)[C@@H](CO)O[C@H]12. The summed E-state index contributed by atoms with van der Waals surface area (Å²) in [6.07, 6.45) is -2.11. The van der Waals surface area contributed by atoms with Crippen LogP contribution >= 0.6 is 7.82 Å². The van der Waals surface area contributed by atoms with E-state index in [1.54, 1.807) is 0 Å². The van der Waals surface area contributed by atoms with Gasteiger partial charge in [-0.15, -0.1) is 0 Å². The minimum atomic E-state index is -4.76. The van der Waals surface area contributed by atoms with Crippen LogP contribution in [0.4, 0.5) is 0 Å². The Morgan fingerprint density at radius 3 is 2.95 bits per heavy atom. The number of ether oxygens (including phenoxy) is 2. The molecule has 1 fully saturated rings. The van der Waals surface area contributed by atoms with Gasteiger partial charge in [0.05, 0.1) is 6.61 Å². The topological polar surface area (TPSA) is 147 Å². The molecule has 1 aromatic rings. The number of phosphoric ester groups is 1. The molecule has 10 nitrogen and oxygen atoms in total. The van der Waals surface area contributed by atoms with Gasteiger partial charge in [-0.1, -0.05) is 0 Å². The van der Waals surface area contributed by atoms with Crippen molar-refractivity contribution in [3.05, 3.63) is 17.8 Å². The first-order valence-corrected chi connectivity index (χ1v) is 7.23. The predicted molar refractivity (Wildman–Crippen MR) is 60.4 cm³/mol. The average Bonchev–Trinajstić information content (AvgIpc) is 2.84. The van der Waals surface area contributed by atoms with Gasteiger partial charge in [0.1, 0.15) is 12.2 Å². The van der Waals surface area contributed by atoms with Crippen LogP contribution in [0.3, 0.4) is 0 Å². The summed E-state index contributed by atoms with van der Waals surface area (Å²) in [5.74, 6) is 0. The van der Waals surface area contributed by atoms with Gasteiger partial charge in [-0.25, -0.2) is 4.57 Å². The first kappa shape index (κ1) is 13.7. The van der Waals surface area contributed by atoms with E-state index in [-0.39, 0.29) is 11.5 Å². The molecule has 3 heterocycles. The van der Waals surface area contributed by atoms with E-state index in [2.05, 4.69) is 9.51 Å². The number of nitrogens with zero attached hydrogens (tertiary/aromatic N) is 2. The summed E-state index contributed by atoms with van der Waals surface area (Å²) >= 11 is 0. The van der Waals surface area contributed by atoms with Crippen LogP contribution < -0.4 is 10.2 Å². The summed E-state index contributed by atoms with van der Waals surface area (Å²) in [7, 11) is -4.76. The van der Waals surface area contributed by atoms with Crippen molar-refractivity contribution in [3.63, 3.8) is 0 Å². The largest absolute Gasteiger partial charge is 0.470 e. The molecule has 0 radical (unpaired) electrons. The summed E-state index contributed by atoms with van der Waals surface area (Å²) in [6.45, 7) is -0.471. The number of nitrogens with one attached hydrogen (secondary N) is 1. The molecule has 11 heteroatoms. The number of aliphatic hydroxyl groups is 1. The second kappa shape index (κ2) is 4.62. The number of aliphatic hydroxyl groups excluding tert-OH is 1. The second-order valence-electron chi connectivity index (χ2n) is 4.39. The second-order valence-corrected chi connectivity index (χ2v) is 5.59. The summed E-state index contributed by atoms with van der Waals surface area (Å²) in [4.78, 5) is 21.7. The van der Waals surface area contributed by atoms with Gasteiger partial charge in [0, 0.05) is 6.20 Å². The fourth-order valence-electron chi connectivity index (χ4n) is 2.31. The molecule has 110 valence electrons. The molecule has 4 atom stereocenters. The van der Waals surface area contributed by atoms with Crippen LogP contribution in [0.2, 0.25) is 0 Å². The number of fused-ring (bicyclic) bond motifs is 3. The molecule has 1 saturated heterocycles. The Kier molecular flexibility index (Phi) is 3.16. The van der Waals surface area contributed by atoms with E-state index in [1.807, 2.05) is 0 Å². The lowest BCUT2D eigenvalue weighted by Gasteiger charge is -2.20. The highest BCUT2D eigenvalue weighted by atomic mass is 31.2. The molecular formula is C9H12N3O7P. The lowest BCUT2D eigenvalue weighted by Crippen LogP contribution is -2.37. The van der Waals surface area contributed by atoms with Crippen molar-refractivity contribution < 1.29 is 33.5 Å². The fraction of sp³-hybridized carbons (Fsp3) is 0.556. The van der Waals surface area contributed by atoms with Crippen LogP contribution in [0.5, 0.6) is 6.01 Å². The van der Waals surface area contributed by atoms with Crippen LogP contribution in [0.15, 0.2) is 12.3 Å². The molecule has 2 aliphatic heterocycles. The zero-order valence-electron chi connectivity index (χ0n) is 9.99. The molecule has 0 saturated carbocycles. The van der Waals surface area contributed by atoms with Crippen molar-refractivity contribution in [1.82, 2.24) is 9.55 Å². The molecule has 1 aromatic heterocycles. The first-order chi connectivity index (χ1) is 9.39. The van der Waals surface area contributed by atoms with E-state index >= 15 is 0 Å². The Morgan fingerprint density at radius 1 is 1.55 bits per heavy atom. The molecule has 0 spiro atoms. The van der Waals surface area contributed by atoms with Crippen LogP contribution in [-0.4, -0.2) is 49.4 Å². The Labute approximate surface area is 112 Å². The third-order valence-corrected chi connectivity index (χ3v) is 3.59. The number of aromatic nitrogens is 2. The van der Waals surface area contributed by atoms with Gasteiger partial charge in [-0.3, -0.25) is 14.5 Å². The van der Waals surface area contributed by atoms with Gasteiger partial charge >= 0.3 is 13.8 Å². The monoisotopic (exact) mass is 305 g/mol. The minimum Gasteiger partial charge on any atom is -0.453 e. The van der Waals surface area contributed by atoms with Crippen molar-refractivity contribution >= 4 is 7.82 Å². The lowest BCUT2D eigenvalue weighted by atomic mass is 10.1. The summed E-state index contributed by atoms with van der Waals surface area (Å²) in [5, 5.41) is 16.6. The third-order valence-electron chi connectivity index (χ3n) is 3.07. The highest BCUT2D eigenvalue weighted by Crippen LogP contribution is 2.47. The zero-order valence-corrected chi connectivity index (χ0v) is 10.9. The summed E-state index contributed by atoms with van der Waals surface area (Å²) in [6, 6.07) is 1.52. The van der Waals surface area contributed by atoms with Crippen molar-refractivity contribution in [2.24, 2.45) is 0 Å². The van der Waals surface area contributed by atoms with Crippen LogP contribution in [-0.2, 0) is 13.8 Å². The quantitative estimate of drug-likeness (QED) is 0.493. The molecule has 2 aliphatic rings. The smallest absolute Gasteiger partial charge is 0.453 e. The van der Waals surface area contributed by atoms with Crippen molar-refractivity contribution in [1.29, 1.82) is 5.41 Å². The predicted octanol–water partition coefficient (Wildman–Crippen LogP) is -1.51. The van der Waals surface area contributed by atoms with Gasteiger partial charge in [0.15, 0.2) is 17.8 Å². The lowest BCUT2D eigenvalue weighted by molar-refractivity contribution is -0.0427. The number of rotatable bonds is 3. The molecule has 0 aromatic carbocycles. The number of phosphoric acid groups is 1. The maximum Gasteiger partial charge on any atom is 0.470 e. The molecule has 0 aliphatic carbocycles. The zero-order chi connectivity index (χ0) is 14.5. The van der Waals surface area contributed by atoms with Crippen molar-refractivity contribution in [2.75, 3.05) is 6.61 Å². The summed E-state index contributed by atoms with van der Waals surface area (Å²) < 4.78 is 28.0. The molecule has 20 heavy (non-hydrogen) atoms. The molecule has 0 amide bonds. The van der Waals surface area contributed by atoms with E-state index in [1.165, 1.54) is 16.8 Å². The molecule has 3 rings (SSSR count). The van der Waals surface area contributed by atoms with Crippen LogP contribution in [0.1, 0.15) is 6.23 Å². The van der Waals surface area contributed by atoms with E-state index in [0.717, 1.165) is 0 Å². The maximum absolute atomic E-state index is 11.0. The highest BCUT2D eigenvalue weighted by Gasteiger charge is 2.54. The average molecular weight is 305 g/mol. The first-order valence-electron chi connectivity index (χ1n) is 5.70. The molecular weight excluding hydrogens is 293 g/mol. The fourth-order valence-corrected chi connectivity index (χ4v) is 2.88. The highest BCUT2D eigenvalue weighted by molar-refractivity contribution is 7.46. The Balaban J connectivity index is 1.92. The van der Waals surface area contributed by atoms with E-state index in [4.69, 9.17) is 24.7 Å². The van der Waals surface area contributed by atoms with Gasteiger partial charge in [-0.2, -0.15) is 4.98 Å². The van der Waals surface area contributed by atoms with Gasteiger partial charge < -0.3 is 24.4 Å². The van der Waals surface area contributed by atoms with Crippen LogP contribution in [0, 0.1) is 5.41 Å². The Hall–Kier alpha value is -1.29. The molecule has 4 N–H and O–H groups in total. The third kappa shape index (κ3) is 2.26. The van der Waals surface area contributed by atoms with Gasteiger partial charge in [0.25, 0.3) is 0 Å². The van der Waals surface area contributed by atoms with Crippen molar-refractivity contribution in [2.45, 2.75) is 24.5 Å². The van der Waals surface area contributed by atoms with E-state index in [0.29, 0.717) is 0 Å². The maximum atomic E-state index is 11.0. The minimum absolute atomic E-state index is 0.0117.